The van der Waals surface area contributed by atoms with Crippen LogP contribution in [-0.2, 0) is 19.8 Å². The number of rotatable bonds is 7. The second-order valence-corrected chi connectivity index (χ2v) is 6.47. The molecule has 0 saturated carbocycles. The number of ether oxygens (including phenoxy) is 2. The lowest BCUT2D eigenvalue weighted by molar-refractivity contribution is 0.251. The number of benzene rings is 3. The topological polar surface area (TPSA) is 38.7 Å². The van der Waals surface area contributed by atoms with Crippen LogP contribution in [-0.4, -0.2) is 5.11 Å². The van der Waals surface area contributed by atoms with Crippen LogP contribution < -0.4 is 9.47 Å². The molecule has 0 bridgehead atoms. The smallest absolute Gasteiger partial charge is 0.175 e. The highest BCUT2D eigenvalue weighted by molar-refractivity contribution is 9.10. The average molecular weight is 399 g/mol. The van der Waals surface area contributed by atoms with Crippen LogP contribution >= 0.6 is 15.9 Å². The molecule has 0 aliphatic heterocycles. The summed E-state index contributed by atoms with van der Waals surface area (Å²) in [5, 5.41) is 9.45. The van der Waals surface area contributed by atoms with Crippen molar-refractivity contribution in [1.29, 1.82) is 0 Å². The molecular formula is C21H19BrO3. The fourth-order valence-corrected chi connectivity index (χ4v) is 3.03. The first-order valence-electron chi connectivity index (χ1n) is 8.03. The van der Waals surface area contributed by atoms with Crippen LogP contribution in [0.15, 0.2) is 77.3 Å². The first-order chi connectivity index (χ1) is 12.3. The molecule has 0 radical (unpaired) electrons. The van der Waals surface area contributed by atoms with Gasteiger partial charge in [0, 0.05) is 0 Å². The van der Waals surface area contributed by atoms with E-state index < -0.39 is 0 Å². The van der Waals surface area contributed by atoms with Crippen LogP contribution in [0.2, 0.25) is 0 Å². The molecule has 3 aromatic rings. The first-order valence-corrected chi connectivity index (χ1v) is 8.82. The van der Waals surface area contributed by atoms with Gasteiger partial charge in [0.25, 0.3) is 0 Å². The summed E-state index contributed by atoms with van der Waals surface area (Å²) in [5.41, 5.74) is 2.92. The Bertz CT molecular complexity index is 804. The lowest BCUT2D eigenvalue weighted by Crippen LogP contribution is -2.02. The molecule has 128 valence electrons. The molecule has 0 aliphatic rings. The number of aliphatic hydroxyl groups is 1. The molecule has 0 fully saturated rings. The molecule has 0 unspecified atom stereocenters. The van der Waals surface area contributed by atoms with E-state index in [0.717, 1.165) is 21.2 Å². The Morgan fingerprint density at radius 1 is 0.720 bits per heavy atom. The second-order valence-electron chi connectivity index (χ2n) is 5.61. The van der Waals surface area contributed by atoms with Gasteiger partial charge >= 0.3 is 0 Å². The zero-order valence-electron chi connectivity index (χ0n) is 13.7. The molecule has 0 atom stereocenters. The van der Waals surface area contributed by atoms with Crippen molar-refractivity contribution in [2.45, 2.75) is 19.8 Å². The minimum absolute atomic E-state index is 0.0563. The standard InChI is InChI=1S/C21H19BrO3/c22-19-11-18(13-23)12-20(24-14-16-7-3-1-4-8-16)21(19)25-15-17-9-5-2-6-10-17/h1-12,23H,13-15H2. The van der Waals surface area contributed by atoms with E-state index in [-0.39, 0.29) is 6.61 Å². The van der Waals surface area contributed by atoms with Gasteiger partial charge in [-0.2, -0.15) is 0 Å². The molecule has 0 spiro atoms. The summed E-state index contributed by atoms with van der Waals surface area (Å²) in [7, 11) is 0. The highest BCUT2D eigenvalue weighted by Crippen LogP contribution is 2.38. The Labute approximate surface area is 156 Å². The van der Waals surface area contributed by atoms with Crippen molar-refractivity contribution in [3.63, 3.8) is 0 Å². The van der Waals surface area contributed by atoms with E-state index in [9.17, 15) is 5.11 Å². The molecule has 1 N–H and O–H groups in total. The molecule has 3 rings (SSSR count). The molecule has 3 nitrogen and oxygen atoms in total. The minimum atomic E-state index is -0.0563. The molecule has 0 aliphatic carbocycles. The Morgan fingerprint density at radius 2 is 1.28 bits per heavy atom. The summed E-state index contributed by atoms with van der Waals surface area (Å²) in [5.74, 6) is 1.25. The summed E-state index contributed by atoms with van der Waals surface area (Å²) in [6, 6.07) is 23.6. The van der Waals surface area contributed by atoms with Crippen LogP contribution in [0.5, 0.6) is 11.5 Å². The third kappa shape index (κ3) is 4.84. The van der Waals surface area contributed by atoms with Crippen LogP contribution in [0, 0.1) is 0 Å². The van der Waals surface area contributed by atoms with Gasteiger partial charge in [-0.25, -0.2) is 0 Å². The highest BCUT2D eigenvalue weighted by atomic mass is 79.9. The van der Waals surface area contributed by atoms with Gasteiger partial charge in [-0.05, 0) is 44.8 Å². The summed E-state index contributed by atoms with van der Waals surface area (Å²) < 4.78 is 12.7. The Morgan fingerprint density at radius 3 is 1.84 bits per heavy atom. The van der Waals surface area contributed by atoms with E-state index in [4.69, 9.17) is 9.47 Å². The molecule has 4 heteroatoms. The molecule has 0 amide bonds. The van der Waals surface area contributed by atoms with E-state index in [1.807, 2.05) is 72.8 Å². The molecule has 25 heavy (non-hydrogen) atoms. The Balaban J connectivity index is 1.80. The van der Waals surface area contributed by atoms with Gasteiger partial charge < -0.3 is 14.6 Å². The predicted octanol–water partition coefficient (Wildman–Crippen LogP) is 5.10. The molecule has 0 aromatic heterocycles. The fraction of sp³-hybridized carbons (Fsp3) is 0.143. The van der Waals surface area contributed by atoms with Crippen molar-refractivity contribution in [3.8, 4) is 11.5 Å². The first kappa shape index (κ1) is 17.5. The van der Waals surface area contributed by atoms with Crippen molar-refractivity contribution >= 4 is 15.9 Å². The van der Waals surface area contributed by atoms with Gasteiger partial charge in [0.2, 0.25) is 0 Å². The summed E-state index contributed by atoms with van der Waals surface area (Å²) in [6.07, 6.45) is 0. The fourth-order valence-electron chi connectivity index (χ4n) is 2.43. The normalized spacial score (nSPS) is 10.5. The molecule has 0 heterocycles. The van der Waals surface area contributed by atoms with Crippen LogP contribution in [0.3, 0.4) is 0 Å². The van der Waals surface area contributed by atoms with E-state index in [1.165, 1.54) is 0 Å². The van der Waals surface area contributed by atoms with Crippen molar-refractivity contribution in [2.24, 2.45) is 0 Å². The van der Waals surface area contributed by atoms with E-state index in [0.29, 0.717) is 24.7 Å². The Kier molecular flexibility index (Phi) is 6.09. The van der Waals surface area contributed by atoms with E-state index in [2.05, 4.69) is 15.9 Å². The van der Waals surface area contributed by atoms with E-state index >= 15 is 0 Å². The third-order valence-corrected chi connectivity index (χ3v) is 4.30. The van der Waals surface area contributed by atoms with Gasteiger partial charge in [-0.1, -0.05) is 60.7 Å². The SMILES string of the molecule is OCc1cc(Br)c(OCc2ccccc2)c(OCc2ccccc2)c1. The summed E-state index contributed by atoms with van der Waals surface area (Å²) >= 11 is 3.52. The molecule has 0 saturated heterocycles. The van der Waals surface area contributed by atoms with Crippen LogP contribution in [0.4, 0.5) is 0 Å². The lowest BCUT2D eigenvalue weighted by Gasteiger charge is -2.16. The number of halogens is 1. The molecular weight excluding hydrogens is 380 g/mol. The van der Waals surface area contributed by atoms with Crippen molar-refractivity contribution in [1.82, 2.24) is 0 Å². The maximum Gasteiger partial charge on any atom is 0.175 e. The lowest BCUT2D eigenvalue weighted by atomic mass is 10.2. The van der Waals surface area contributed by atoms with Crippen LogP contribution in [0.1, 0.15) is 16.7 Å². The van der Waals surface area contributed by atoms with Crippen molar-refractivity contribution in [2.75, 3.05) is 0 Å². The second kappa shape index (κ2) is 8.70. The van der Waals surface area contributed by atoms with Gasteiger partial charge in [-0.3, -0.25) is 0 Å². The predicted molar refractivity (Wildman–Crippen MR) is 102 cm³/mol. The number of hydrogen-bond acceptors (Lipinski definition) is 3. The third-order valence-electron chi connectivity index (χ3n) is 3.72. The van der Waals surface area contributed by atoms with Gasteiger partial charge in [-0.15, -0.1) is 0 Å². The maximum absolute atomic E-state index is 9.45. The van der Waals surface area contributed by atoms with E-state index in [1.54, 1.807) is 0 Å². The monoisotopic (exact) mass is 398 g/mol. The van der Waals surface area contributed by atoms with Crippen LogP contribution in [0.25, 0.3) is 0 Å². The molecule has 3 aromatic carbocycles. The average Bonchev–Trinajstić information content (AvgIpc) is 2.67. The largest absolute Gasteiger partial charge is 0.485 e. The van der Waals surface area contributed by atoms with Crippen molar-refractivity contribution < 1.29 is 14.6 Å². The number of aliphatic hydroxyl groups excluding tert-OH is 1. The summed E-state index contributed by atoms with van der Waals surface area (Å²) in [6.45, 7) is 0.822. The minimum Gasteiger partial charge on any atom is -0.485 e. The summed E-state index contributed by atoms with van der Waals surface area (Å²) in [4.78, 5) is 0. The zero-order valence-corrected chi connectivity index (χ0v) is 15.3. The van der Waals surface area contributed by atoms with Gasteiger partial charge in [0.05, 0.1) is 11.1 Å². The quantitative estimate of drug-likeness (QED) is 0.601. The maximum atomic E-state index is 9.45. The number of hydrogen-bond donors (Lipinski definition) is 1. The van der Waals surface area contributed by atoms with Gasteiger partial charge in [0.1, 0.15) is 13.2 Å². The zero-order chi connectivity index (χ0) is 17.5. The Hall–Kier alpha value is -2.30. The van der Waals surface area contributed by atoms with Crippen molar-refractivity contribution in [3.05, 3.63) is 94.0 Å². The highest BCUT2D eigenvalue weighted by Gasteiger charge is 2.13. The van der Waals surface area contributed by atoms with Gasteiger partial charge in [0.15, 0.2) is 11.5 Å².